The molecule has 5 aromatic heterocycles. The van der Waals surface area contributed by atoms with E-state index in [2.05, 4.69) is 37.2 Å². The zero-order valence-corrected chi connectivity index (χ0v) is 19.0. The van der Waals surface area contributed by atoms with Gasteiger partial charge in [-0.15, -0.1) is 17.9 Å². The molecule has 1 amide bonds. The topological polar surface area (TPSA) is 128 Å². The zero-order valence-electron chi connectivity index (χ0n) is 17.4. The number of thiazole rings is 1. The highest BCUT2D eigenvalue weighted by atomic mass is 32.1. The largest absolute Gasteiger partial charge is 0.463 e. The molecule has 2 N–H and O–H groups in total. The first-order valence-electron chi connectivity index (χ1n) is 9.85. The van der Waals surface area contributed by atoms with Crippen molar-refractivity contribution in [3.63, 3.8) is 0 Å². The number of carbonyl (C=O) groups excluding carboxylic acids is 1. The van der Waals surface area contributed by atoms with Crippen molar-refractivity contribution in [2.45, 2.75) is 19.9 Å². The van der Waals surface area contributed by atoms with Crippen LogP contribution in [0.5, 0.6) is 0 Å². The minimum absolute atomic E-state index is 0.261. The van der Waals surface area contributed by atoms with E-state index in [9.17, 15) is 4.79 Å². The summed E-state index contributed by atoms with van der Waals surface area (Å²) in [6.07, 6.45) is 3.75. The van der Waals surface area contributed by atoms with Crippen LogP contribution < -0.4 is 5.32 Å². The first kappa shape index (κ1) is 21.0. The molecular formula is C21H17N7O3S2. The Morgan fingerprint density at radius 1 is 1.42 bits per heavy atom. The van der Waals surface area contributed by atoms with Gasteiger partial charge < -0.3 is 8.94 Å². The smallest absolute Gasteiger partial charge is 0.259 e. The molecule has 0 atom stereocenters. The van der Waals surface area contributed by atoms with E-state index >= 15 is 0 Å². The number of furan rings is 1. The Labute approximate surface area is 196 Å². The minimum atomic E-state index is -0.350. The van der Waals surface area contributed by atoms with E-state index in [0.29, 0.717) is 51.0 Å². The molecule has 0 bridgehead atoms. The average Bonchev–Trinajstić information content (AvgIpc) is 3.60. The zero-order chi connectivity index (χ0) is 22.9. The highest BCUT2D eigenvalue weighted by Crippen LogP contribution is 2.28. The van der Waals surface area contributed by atoms with Crippen LogP contribution in [0.15, 0.2) is 51.4 Å². The van der Waals surface area contributed by atoms with E-state index in [1.165, 1.54) is 17.6 Å². The van der Waals surface area contributed by atoms with Gasteiger partial charge in [-0.1, -0.05) is 11.2 Å². The molecule has 0 aliphatic carbocycles. The minimum Gasteiger partial charge on any atom is -0.463 e. The Morgan fingerprint density at radius 3 is 3.09 bits per heavy atom. The van der Waals surface area contributed by atoms with E-state index in [4.69, 9.17) is 21.2 Å². The lowest BCUT2D eigenvalue weighted by molar-refractivity contribution is 0.102. The van der Waals surface area contributed by atoms with Gasteiger partial charge in [-0.2, -0.15) is 5.10 Å². The molecule has 0 aliphatic rings. The van der Waals surface area contributed by atoms with Crippen LogP contribution in [0.25, 0.3) is 22.6 Å². The molecule has 12 heteroatoms. The third-order valence-corrected chi connectivity index (χ3v) is 6.01. The summed E-state index contributed by atoms with van der Waals surface area (Å²) in [6.45, 7) is 6.05. The molecule has 0 aliphatic heterocycles. The Balaban J connectivity index is 1.42. The lowest BCUT2D eigenvalue weighted by Gasteiger charge is -2.05. The van der Waals surface area contributed by atoms with Crippen molar-refractivity contribution < 1.29 is 13.7 Å². The monoisotopic (exact) mass is 479 g/mol. The molecular weight excluding hydrogens is 462 g/mol. The maximum absolute atomic E-state index is 13.2. The number of carbonyl (C=O) groups is 1. The molecule has 5 aromatic rings. The number of nitrogens with zero attached hydrogens (tertiary/aromatic N) is 5. The van der Waals surface area contributed by atoms with Gasteiger partial charge in [0.25, 0.3) is 11.6 Å². The van der Waals surface area contributed by atoms with Crippen LogP contribution in [0.4, 0.5) is 5.13 Å². The molecule has 5 heterocycles. The van der Waals surface area contributed by atoms with Gasteiger partial charge in [0.05, 0.1) is 35.0 Å². The molecule has 166 valence electrons. The number of pyridine rings is 1. The van der Waals surface area contributed by atoms with Crippen molar-refractivity contribution in [2.24, 2.45) is 0 Å². The first-order valence-corrected chi connectivity index (χ1v) is 11.1. The Hall–Kier alpha value is -3.90. The number of nitrogens with one attached hydrogen (secondary N) is 2. The van der Waals surface area contributed by atoms with Crippen molar-refractivity contribution in [3.8, 4) is 11.5 Å². The Kier molecular flexibility index (Phi) is 5.44. The van der Waals surface area contributed by atoms with Crippen molar-refractivity contribution in [2.75, 3.05) is 5.32 Å². The molecule has 5 rings (SSSR count). The normalized spacial score (nSPS) is 11.2. The van der Waals surface area contributed by atoms with Crippen molar-refractivity contribution in [1.82, 2.24) is 29.9 Å². The van der Waals surface area contributed by atoms with Crippen LogP contribution in [0, 0.1) is 11.7 Å². The third-order valence-electron chi connectivity index (χ3n) is 4.90. The lowest BCUT2D eigenvalue weighted by Crippen LogP contribution is -2.13. The van der Waals surface area contributed by atoms with E-state index in [0.717, 1.165) is 11.5 Å². The Bertz CT molecular complexity index is 1530. The Morgan fingerprint density at radius 2 is 2.30 bits per heavy atom. The number of rotatable bonds is 7. The number of hydrogen-bond acceptors (Lipinski definition) is 9. The summed E-state index contributed by atoms with van der Waals surface area (Å²) < 4.78 is 13.1. The summed E-state index contributed by atoms with van der Waals surface area (Å²) >= 11 is 6.57. The second kappa shape index (κ2) is 8.56. The SMILES string of the molecule is C=CCn1c(Cc2csc(NC(=O)c3cc(-c4ccco4)nc4onc(C)c34)n2)n[nH]c1=S. The number of hydrogen-bond donors (Lipinski definition) is 2. The molecule has 0 saturated heterocycles. The van der Waals surface area contributed by atoms with Gasteiger partial charge in [-0.3, -0.25) is 19.8 Å². The fraction of sp³-hybridized carbons (Fsp3) is 0.143. The van der Waals surface area contributed by atoms with Crippen molar-refractivity contribution in [1.29, 1.82) is 0 Å². The van der Waals surface area contributed by atoms with Gasteiger partial charge in [-0.05, 0) is 37.3 Å². The number of anilines is 1. The molecule has 0 spiro atoms. The summed E-state index contributed by atoms with van der Waals surface area (Å²) in [5, 5.41) is 16.7. The quantitative estimate of drug-likeness (QED) is 0.257. The van der Waals surface area contributed by atoms with Crippen molar-refractivity contribution >= 4 is 45.7 Å². The standard InChI is InChI=1S/C21H17N7O3S2/c1-3-6-28-16(25-26-21(28)32)8-12-10-33-20(22-12)24-18(29)13-9-14(15-5-4-7-30-15)23-19-17(13)11(2)27-31-19/h3-5,7,9-10H,1,6,8H2,2H3,(H,26,32)(H,22,24,29). The fourth-order valence-corrected chi connectivity index (χ4v) is 4.33. The number of aryl methyl sites for hydroxylation is 1. The number of aromatic nitrogens is 6. The number of aromatic amines is 1. The lowest BCUT2D eigenvalue weighted by atomic mass is 10.1. The number of amides is 1. The molecule has 10 nitrogen and oxygen atoms in total. The summed E-state index contributed by atoms with van der Waals surface area (Å²) in [5.74, 6) is 0.906. The maximum Gasteiger partial charge on any atom is 0.259 e. The van der Waals surface area contributed by atoms with E-state index in [1.54, 1.807) is 31.2 Å². The average molecular weight is 480 g/mol. The molecule has 0 unspecified atom stereocenters. The molecule has 0 aromatic carbocycles. The van der Waals surface area contributed by atoms with Crippen LogP contribution in [-0.2, 0) is 13.0 Å². The van der Waals surface area contributed by atoms with Gasteiger partial charge >= 0.3 is 0 Å². The predicted octanol–water partition coefficient (Wildman–Crippen LogP) is 4.53. The van der Waals surface area contributed by atoms with E-state index < -0.39 is 0 Å². The van der Waals surface area contributed by atoms with Gasteiger partial charge in [0, 0.05) is 11.9 Å². The van der Waals surface area contributed by atoms with Crippen LogP contribution in [-0.4, -0.2) is 35.8 Å². The van der Waals surface area contributed by atoms with Crippen molar-refractivity contribution in [3.05, 3.63) is 70.0 Å². The van der Waals surface area contributed by atoms with Gasteiger partial charge in [0.2, 0.25) is 0 Å². The summed E-state index contributed by atoms with van der Waals surface area (Å²) in [7, 11) is 0. The number of fused-ring (bicyclic) bond motifs is 1. The van der Waals surface area contributed by atoms with Crippen LogP contribution in [0.3, 0.4) is 0 Å². The van der Waals surface area contributed by atoms with Crippen LogP contribution >= 0.6 is 23.6 Å². The summed E-state index contributed by atoms with van der Waals surface area (Å²) in [6, 6.07) is 5.16. The summed E-state index contributed by atoms with van der Waals surface area (Å²) in [4.78, 5) is 22.1. The molecule has 0 fully saturated rings. The van der Waals surface area contributed by atoms with E-state index in [1.807, 2.05) is 9.95 Å². The van der Waals surface area contributed by atoms with Crippen LogP contribution in [0.2, 0.25) is 0 Å². The fourth-order valence-electron chi connectivity index (χ4n) is 3.40. The highest BCUT2D eigenvalue weighted by Gasteiger charge is 2.21. The molecule has 33 heavy (non-hydrogen) atoms. The second-order valence-electron chi connectivity index (χ2n) is 7.10. The van der Waals surface area contributed by atoms with E-state index in [-0.39, 0.29) is 11.6 Å². The number of allylic oxidation sites excluding steroid dienone is 1. The molecule has 0 radical (unpaired) electrons. The molecule has 0 saturated carbocycles. The number of H-pyrrole nitrogens is 1. The van der Waals surface area contributed by atoms with Gasteiger partial charge in [0.1, 0.15) is 11.5 Å². The summed E-state index contributed by atoms with van der Waals surface area (Å²) in [5.41, 5.74) is 2.43. The highest BCUT2D eigenvalue weighted by molar-refractivity contribution is 7.71. The second-order valence-corrected chi connectivity index (χ2v) is 8.34. The predicted molar refractivity (Wildman–Crippen MR) is 125 cm³/mol. The maximum atomic E-state index is 13.2. The van der Waals surface area contributed by atoms with Gasteiger partial charge in [-0.25, -0.2) is 9.97 Å². The van der Waals surface area contributed by atoms with Crippen LogP contribution in [0.1, 0.15) is 27.6 Å². The first-order chi connectivity index (χ1) is 16.0. The third kappa shape index (κ3) is 4.01. The van der Waals surface area contributed by atoms with Gasteiger partial charge in [0.15, 0.2) is 15.7 Å².